The summed E-state index contributed by atoms with van der Waals surface area (Å²) in [6, 6.07) is 21.2. The van der Waals surface area contributed by atoms with Crippen LogP contribution < -0.4 is 14.8 Å². The van der Waals surface area contributed by atoms with Crippen molar-refractivity contribution in [3.05, 3.63) is 78.4 Å². The Hall–Kier alpha value is -3.65. The van der Waals surface area contributed by atoms with E-state index in [4.69, 9.17) is 4.74 Å². The zero-order chi connectivity index (χ0) is 21.1. The van der Waals surface area contributed by atoms with E-state index in [0.717, 1.165) is 5.56 Å². The number of aryl methyl sites for hydroxylation is 1. The minimum absolute atomic E-state index is 0.0974. The summed E-state index contributed by atoms with van der Waals surface area (Å²) in [6.07, 6.45) is 0. The van der Waals surface area contributed by atoms with Crippen molar-refractivity contribution < 1.29 is 13.2 Å². The first-order valence-corrected chi connectivity index (χ1v) is 10.7. The summed E-state index contributed by atoms with van der Waals surface area (Å²) in [4.78, 5) is 9.23. The summed E-state index contributed by atoms with van der Waals surface area (Å²) in [6.45, 7) is 1.90. The molecule has 1 heterocycles. The summed E-state index contributed by atoms with van der Waals surface area (Å²) in [5.74, 6) is 0.967. The number of rotatable bonds is 6. The van der Waals surface area contributed by atoms with Gasteiger partial charge in [-0.25, -0.2) is 18.4 Å². The molecular formula is C22H20N4O3S. The lowest BCUT2D eigenvalue weighted by Crippen LogP contribution is -2.16. The molecule has 0 unspecified atom stereocenters. The number of anilines is 3. The van der Waals surface area contributed by atoms with Crippen LogP contribution in [-0.2, 0) is 10.0 Å². The summed E-state index contributed by atoms with van der Waals surface area (Å²) in [7, 11) is -2.29. The maximum absolute atomic E-state index is 12.9. The van der Waals surface area contributed by atoms with Crippen molar-refractivity contribution in [2.75, 3.05) is 17.1 Å². The first kappa shape index (κ1) is 19.7. The number of methoxy groups -OCH3 is 1. The zero-order valence-corrected chi connectivity index (χ0v) is 17.3. The van der Waals surface area contributed by atoms with Gasteiger partial charge in [0.15, 0.2) is 11.6 Å². The van der Waals surface area contributed by atoms with Gasteiger partial charge in [0, 0.05) is 0 Å². The molecular weight excluding hydrogens is 400 g/mol. The molecule has 1 aromatic heterocycles. The molecule has 3 aromatic carbocycles. The molecule has 0 bridgehead atoms. The number of benzene rings is 3. The lowest BCUT2D eigenvalue weighted by molar-refractivity contribution is 0.417. The van der Waals surface area contributed by atoms with E-state index in [0.29, 0.717) is 22.5 Å². The smallest absolute Gasteiger partial charge is 0.263 e. The molecule has 0 aliphatic rings. The van der Waals surface area contributed by atoms with Gasteiger partial charge in [0.05, 0.1) is 28.7 Å². The van der Waals surface area contributed by atoms with E-state index >= 15 is 0 Å². The van der Waals surface area contributed by atoms with Crippen LogP contribution in [0.25, 0.3) is 11.0 Å². The van der Waals surface area contributed by atoms with Crippen LogP contribution in [0, 0.1) is 6.92 Å². The number of fused-ring (bicyclic) bond motifs is 1. The predicted octanol–water partition coefficient (Wildman–Crippen LogP) is 4.49. The van der Waals surface area contributed by atoms with Crippen LogP contribution in [0.4, 0.5) is 17.3 Å². The minimum atomic E-state index is -3.85. The second-order valence-electron chi connectivity index (χ2n) is 6.65. The Bertz CT molecular complexity index is 1310. The molecule has 2 N–H and O–H groups in total. The molecule has 0 spiro atoms. The minimum Gasteiger partial charge on any atom is -0.495 e. The second kappa shape index (κ2) is 8.00. The fraction of sp³-hybridized carbons (Fsp3) is 0.0909. The molecule has 8 heteroatoms. The molecule has 4 aromatic rings. The van der Waals surface area contributed by atoms with Gasteiger partial charge in [-0.05, 0) is 43.3 Å². The Morgan fingerprint density at radius 1 is 0.800 bits per heavy atom. The van der Waals surface area contributed by atoms with E-state index in [1.54, 1.807) is 43.5 Å². The Kier molecular flexibility index (Phi) is 5.24. The Labute approximate surface area is 174 Å². The molecule has 152 valence electrons. The molecule has 0 aliphatic heterocycles. The van der Waals surface area contributed by atoms with Crippen molar-refractivity contribution in [2.24, 2.45) is 0 Å². The number of para-hydroxylation sites is 4. The Morgan fingerprint density at radius 2 is 1.40 bits per heavy atom. The molecule has 0 amide bonds. The topological polar surface area (TPSA) is 93.2 Å². The molecule has 0 saturated heterocycles. The summed E-state index contributed by atoms with van der Waals surface area (Å²) in [5, 5.41) is 3.14. The number of hydrogen-bond donors (Lipinski definition) is 2. The SMILES string of the molecule is COc1ccccc1Nc1nc2ccccc2nc1NS(=O)(=O)c1ccc(C)cc1. The molecule has 30 heavy (non-hydrogen) atoms. The largest absolute Gasteiger partial charge is 0.495 e. The lowest BCUT2D eigenvalue weighted by atomic mass is 10.2. The summed E-state index contributed by atoms with van der Waals surface area (Å²) in [5.41, 5.74) is 2.82. The fourth-order valence-corrected chi connectivity index (χ4v) is 3.95. The van der Waals surface area contributed by atoms with Crippen LogP contribution in [0.3, 0.4) is 0 Å². The summed E-state index contributed by atoms with van der Waals surface area (Å²) < 4.78 is 33.8. The highest BCUT2D eigenvalue weighted by Gasteiger charge is 2.19. The van der Waals surface area contributed by atoms with E-state index in [2.05, 4.69) is 20.0 Å². The van der Waals surface area contributed by atoms with Gasteiger partial charge in [-0.1, -0.05) is 42.0 Å². The number of nitrogens with one attached hydrogen (secondary N) is 2. The van der Waals surface area contributed by atoms with Gasteiger partial charge in [-0.2, -0.15) is 0 Å². The number of aromatic nitrogens is 2. The van der Waals surface area contributed by atoms with Crippen molar-refractivity contribution in [1.29, 1.82) is 0 Å². The average molecular weight is 420 g/mol. The molecule has 0 saturated carbocycles. The summed E-state index contributed by atoms with van der Waals surface area (Å²) >= 11 is 0. The maximum atomic E-state index is 12.9. The van der Waals surface area contributed by atoms with E-state index < -0.39 is 10.0 Å². The van der Waals surface area contributed by atoms with Crippen LogP contribution in [-0.4, -0.2) is 25.5 Å². The first-order valence-electron chi connectivity index (χ1n) is 9.22. The highest BCUT2D eigenvalue weighted by atomic mass is 32.2. The Balaban J connectivity index is 1.79. The van der Waals surface area contributed by atoms with Gasteiger partial charge in [-0.15, -0.1) is 0 Å². The van der Waals surface area contributed by atoms with Gasteiger partial charge in [-0.3, -0.25) is 4.72 Å². The standard InChI is InChI=1S/C22H20N4O3S/c1-15-11-13-16(14-12-15)30(27,28)26-22-21(23-17-7-3-4-8-18(17)24-22)25-19-9-5-6-10-20(19)29-2/h3-14H,1-2H3,(H,23,25)(H,24,26). The molecule has 7 nitrogen and oxygen atoms in total. The second-order valence-corrected chi connectivity index (χ2v) is 8.34. The number of nitrogens with zero attached hydrogens (tertiary/aromatic N) is 2. The van der Waals surface area contributed by atoms with Crippen LogP contribution in [0.1, 0.15) is 5.56 Å². The van der Waals surface area contributed by atoms with Crippen molar-refractivity contribution in [3.8, 4) is 5.75 Å². The lowest BCUT2D eigenvalue weighted by Gasteiger charge is -2.15. The Morgan fingerprint density at radius 3 is 2.07 bits per heavy atom. The van der Waals surface area contributed by atoms with E-state index in [-0.39, 0.29) is 16.5 Å². The third kappa shape index (κ3) is 4.04. The normalized spacial score (nSPS) is 11.3. The quantitative estimate of drug-likeness (QED) is 0.477. The van der Waals surface area contributed by atoms with Gasteiger partial charge >= 0.3 is 0 Å². The van der Waals surface area contributed by atoms with Crippen molar-refractivity contribution in [2.45, 2.75) is 11.8 Å². The molecule has 0 fully saturated rings. The van der Waals surface area contributed by atoms with Crippen molar-refractivity contribution in [1.82, 2.24) is 9.97 Å². The number of hydrogen-bond acceptors (Lipinski definition) is 6. The average Bonchev–Trinajstić information content (AvgIpc) is 2.74. The van der Waals surface area contributed by atoms with Crippen LogP contribution >= 0.6 is 0 Å². The highest BCUT2D eigenvalue weighted by molar-refractivity contribution is 7.92. The van der Waals surface area contributed by atoms with Crippen LogP contribution in [0.15, 0.2) is 77.7 Å². The third-order valence-electron chi connectivity index (χ3n) is 4.49. The van der Waals surface area contributed by atoms with E-state index in [1.165, 1.54) is 0 Å². The van der Waals surface area contributed by atoms with Crippen molar-refractivity contribution in [3.63, 3.8) is 0 Å². The van der Waals surface area contributed by atoms with Crippen LogP contribution in [0.5, 0.6) is 5.75 Å². The maximum Gasteiger partial charge on any atom is 0.263 e. The first-order chi connectivity index (χ1) is 14.5. The number of ether oxygens (including phenoxy) is 1. The van der Waals surface area contributed by atoms with Crippen molar-refractivity contribution >= 4 is 38.4 Å². The van der Waals surface area contributed by atoms with E-state index in [1.807, 2.05) is 43.3 Å². The molecule has 4 rings (SSSR count). The zero-order valence-electron chi connectivity index (χ0n) is 16.5. The van der Waals surface area contributed by atoms with Gasteiger partial charge in [0.1, 0.15) is 5.75 Å². The predicted molar refractivity (Wildman–Crippen MR) is 118 cm³/mol. The monoisotopic (exact) mass is 420 g/mol. The van der Waals surface area contributed by atoms with Gasteiger partial charge in [0.2, 0.25) is 0 Å². The third-order valence-corrected chi connectivity index (χ3v) is 5.85. The molecule has 0 radical (unpaired) electrons. The van der Waals surface area contributed by atoms with Gasteiger partial charge < -0.3 is 10.1 Å². The van der Waals surface area contributed by atoms with E-state index in [9.17, 15) is 8.42 Å². The number of sulfonamides is 1. The van der Waals surface area contributed by atoms with Gasteiger partial charge in [0.25, 0.3) is 10.0 Å². The molecule has 0 atom stereocenters. The fourth-order valence-electron chi connectivity index (χ4n) is 2.94. The van der Waals surface area contributed by atoms with Crippen LogP contribution in [0.2, 0.25) is 0 Å². The highest BCUT2D eigenvalue weighted by Crippen LogP contribution is 2.31. The molecule has 0 aliphatic carbocycles.